The van der Waals surface area contributed by atoms with Gasteiger partial charge in [-0.15, -0.1) is 0 Å². The molecule has 0 radical (unpaired) electrons. The lowest BCUT2D eigenvalue weighted by molar-refractivity contribution is -0.120. The number of nitrogens with zero attached hydrogens (tertiary/aromatic N) is 3. The molecule has 1 aliphatic heterocycles. The molecule has 3 amide bonds. The van der Waals surface area contributed by atoms with E-state index in [9.17, 15) is 18.0 Å². The van der Waals surface area contributed by atoms with Crippen LogP contribution in [-0.4, -0.2) is 52.6 Å². The molecular formula is C20H29N5O4S2. The van der Waals surface area contributed by atoms with Gasteiger partial charge in [0.2, 0.25) is 15.9 Å². The van der Waals surface area contributed by atoms with E-state index in [4.69, 9.17) is 5.73 Å². The summed E-state index contributed by atoms with van der Waals surface area (Å²) in [6, 6.07) is 4.09. The molecule has 0 unspecified atom stereocenters. The standard InChI is InChI=1S/C20H29N5O4S2/c1-4-25-16-9-8-14(31(28,29)24-10-6-5-7-11-24)12-15(16)22-20(25)30-17(13(2)3)18(26)23-19(21)27/h8-9,12-13,17H,4-7,10-11H2,1-3H3,(H3,21,23,26,27)/t17-/m1/s1. The molecule has 2 heterocycles. The molecular weight excluding hydrogens is 438 g/mol. The molecule has 2 aromatic rings. The minimum absolute atomic E-state index is 0.0792. The fourth-order valence-electron chi connectivity index (χ4n) is 3.70. The number of rotatable bonds is 7. The first-order valence-corrected chi connectivity index (χ1v) is 12.7. The molecule has 3 N–H and O–H groups in total. The topological polar surface area (TPSA) is 127 Å². The average molecular weight is 468 g/mol. The van der Waals surface area contributed by atoms with E-state index >= 15 is 0 Å². The fraction of sp³-hybridized carbons (Fsp3) is 0.550. The molecule has 0 spiro atoms. The Balaban J connectivity index is 1.96. The zero-order valence-electron chi connectivity index (χ0n) is 18.0. The van der Waals surface area contributed by atoms with Crippen molar-refractivity contribution in [3.8, 4) is 0 Å². The van der Waals surface area contributed by atoms with Crippen molar-refractivity contribution in [2.24, 2.45) is 11.7 Å². The zero-order chi connectivity index (χ0) is 22.8. The zero-order valence-corrected chi connectivity index (χ0v) is 19.6. The number of imidazole rings is 1. The van der Waals surface area contributed by atoms with E-state index < -0.39 is 27.2 Å². The lowest BCUT2D eigenvalue weighted by Crippen LogP contribution is -2.42. The third-order valence-electron chi connectivity index (χ3n) is 5.30. The molecule has 170 valence electrons. The van der Waals surface area contributed by atoms with Crippen LogP contribution in [-0.2, 0) is 21.4 Å². The molecule has 1 aliphatic rings. The van der Waals surface area contributed by atoms with Crippen LogP contribution in [0.3, 0.4) is 0 Å². The number of hydrogen-bond donors (Lipinski definition) is 2. The van der Waals surface area contributed by atoms with Crippen LogP contribution in [0.1, 0.15) is 40.0 Å². The highest BCUT2D eigenvalue weighted by atomic mass is 32.2. The predicted octanol–water partition coefficient (Wildman–Crippen LogP) is 2.54. The molecule has 1 atom stereocenters. The number of carbonyl (C=O) groups excluding carboxylic acids is 2. The summed E-state index contributed by atoms with van der Waals surface area (Å²) in [7, 11) is -3.57. The Morgan fingerprint density at radius 3 is 2.48 bits per heavy atom. The summed E-state index contributed by atoms with van der Waals surface area (Å²) < 4.78 is 29.6. The molecule has 0 saturated carbocycles. The van der Waals surface area contributed by atoms with E-state index in [1.807, 2.05) is 25.3 Å². The summed E-state index contributed by atoms with van der Waals surface area (Å²) in [5.74, 6) is -0.555. The third kappa shape index (κ3) is 5.04. The second-order valence-corrected chi connectivity index (χ2v) is 10.9. The highest BCUT2D eigenvalue weighted by Gasteiger charge is 2.29. The van der Waals surface area contributed by atoms with Crippen molar-refractivity contribution in [2.75, 3.05) is 13.1 Å². The van der Waals surface area contributed by atoms with Gasteiger partial charge in [-0.3, -0.25) is 10.1 Å². The highest BCUT2D eigenvalue weighted by molar-refractivity contribution is 8.00. The normalized spacial score (nSPS) is 16.5. The first-order valence-electron chi connectivity index (χ1n) is 10.4. The Morgan fingerprint density at radius 2 is 1.90 bits per heavy atom. The van der Waals surface area contributed by atoms with Gasteiger partial charge in [0.15, 0.2) is 5.16 Å². The van der Waals surface area contributed by atoms with Gasteiger partial charge in [-0.25, -0.2) is 18.2 Å². The lowest BCUT2D eigenvalue weighted by Gasteiger charge is -2.25. The van der Waals surface area contributed by atoms with Gasteiger partial charge in [-0.2, -0.15) is 4.31 Å². The number of aromatic nitrogens is 2. The monoisotopic (exact) mass is 467 g/mol. The molecule has 1 fully saturated rings. The molecule has 1 aromatic heterocycles. The van der Waals surface area contributed by atoms with Crippen LogP contribution in [0, 0.1) is 5.92 Å². The smallest absolute Gasteiger partial charge is 0.318 e. The first kappa shape index (κ1) is 23.6. The molecule has 11 heteroatoms. The van der Waals surface area contributed by atoms with Gasteiger partial charge in [0.05, 0.1) is 21.2 Å². The van der Waals surface area contributed by atoms with Crippen LogP contribution in [0.5, 0.6) is 0 Å². The minimum Gasteiger partial charge on any atom is -0.351 e. The quantitative estimate of drug-likeness (QED) is 0.603. The third-order valence-corrected chi connectivity index (χ3v) is 8.73. The number of hydrogen-bond acceptors (Lipinski definition) is 6. The number of amides is 3. The van der Waals surface area contributed by atoms with Gasteiger partial charge < -0.3 is 10.3 Å². The largest absolute Gasteiger partial charge is 0.351 e. The Kier molecular flexibility index (Phi) is 7.28. The molecule has 0 bridgehead atoms. The van der Waals surface area contributed by atoms with Gasteiger partial charge in [-0.1, -0.05) is 32.0 Å². The molecule has 9 nitrogen and oxygen atoms in total. The second-order valence-electron chi connectivity index (χ2n) is 7.89. The van der Waals surface area contributed by atoms with Crippen molar-refractivity contribution >= 4 is 44.8 Å². The van der Waals surface area contributed by atoms with E-state index in [1.54, 1.807) is 18.2 Å². The summed E-state index contributed by atoms with van der Waals surface area (Å²) in [4.78, 5) is 28.4. The first-order chi connectivity index (χ1) is 14.6. The average Bonchev–Trinajstić information content (AvgIpc) is 3.08. The number of benzene rings is 1. The fourth-order valence-corrected chi connectivity index (χ4v) is 6.40. The number of imide groups is 1. The van der Waals surface area contributed by atoms with Crippen LogP contribution in [0.2, 0.25) is 0 Å². The Morgan fingerprint density at radius 1 is 1.23 bits per heavy atom. The maximum Gasteiger partial charge on any atom is 0.318 e. The molecule has 31 heavy (non-hydrogen) atoms. The lowest BCUT2D eigenvalue weighted by atomic mass is 10.1. The number of sulfonamides is 1. The van der Waals surface area contributed by atoms with Crippen molar-refractivity contribution in [3.63, 3.8) is 0 Å². The summed E-state index contributed by atoms with van der Waals surface area (Å²) in [5, 5.41) is 2.15. The van der Waals surface area contributed by atoms with Gasteiger partial charge in [0.25, 0.3) is 0 Å². The number of primary amides is 1. The Hall–Kier alpha value is -2.11. The van der Waals surface area contributed by atoms with E-state index in [2.05, 4.69) is 10.3 Å². The number of piperidine rings is 1. The number of urea groups is 1. The predicted molar refractivity (Wildman–Crippen MR) is 120 cm³/mol. The molecule has 3 rings (SSSR count). The van der Waals surface area contributed by atoms with Crippen molar-refractivity contribution in [2.45, 2.75) is 61.9 Å². The number of fused-ring (bicyclic) bond motifs is 1. The molecule has 0 aliphatic carbocycles. The van der Waals surface area contributed by atoms with Crippen LogP contribution in [0.15, 0.2) is 28.3 Å². The van der Waals surface area contributed by atoms with Crippen LogP contribution in [0.4, 0.5) is 4.79 Å². The number of nitrogens with one attached hydrogen (secondary N) is 1. The number of carbonyl (C=O) groups is 2. The van der Waals surface area contributed by atoms with E-state index in [1.165, 1.54) is 16.1 Å². The van der Waals surface area contributed by atoms with Crippen LogP contribution < -0.4 is 11.1 Å². The summed E-state index contributed by atoms with van der Waals surface area (Å²) in [6.07, 6.45) is 2.79. The van der Waals surface area contributed by atoms with Gasteiger partial charge in [0, 0.05) is 19.6 Å². The van der Waals surface area contributed by atoms with Crippen molar-refractivity contribution in [1.29, 1.82) is 0 Å². The van der Waals surface area contributed by atoms with Crippen LogP contribution >= 0.6 is 11.8 Å². The minimum atomic E-state index is -3.57. The number of aryl methyl sites for hydroxylation is 1. The van der Waals surface area contributed by atoms with Gasteiger partial charge in [0.1, 0.15) is 0 Å². The number of thioether (sulfide) groups is 1. The Bertz CT molecular complexity index is 1070. The highest BCUT2D eigenvalue weighted by Crippen LogP contribution is 2.32. The summed E-state index contributed by atoms with van der Waals surface area (Å²) in [5.41, 5.74) is 6.45. The van der Waals surface area contributed by atoms with Crippen molar-refractivity contribution in [3.05, 3.63) is 18.2 Å². The summed E-state index contributed by atoms with van der Waals surface area (Å²) in [6.45, 7) is 7.38. The van der Waals surface area contributed by atoms with E-state index in [0.717, 1.165) is 24.8 Å². The van der Waals surface area contributed by atoms with E-state index in [0.29, 0.717) is 30.3 Å². The SMILES string of the molecule is CCn1c(S[C@@H](C(=O)NC(N)=O)C(C)C)nc2cc(S(=O)(=O)N3CCCCC3)ccc21. The second kappa shape index (κ2) is 9.58. The van der Waals surface area contributed by atoms with Crippen molar-refractivity contribution < 1.29 is 18.0 Å². The summed E-state index contributed by atoms with van der Waals surface area (Å²) >= 11 is 1.24. The molecule has 1 aromatic carbocycles. The van der Waals surface area contributed by atoms with E-state index in [-0.39, 0.29) is 10.8 Å². The Labute approximate surface area is 186 Å². The van der Waals surface area contributed by atoms with Gasteiger partial charge in [-0.05, 0) is 43.9 Å². The van der Waals surface area contributed by atoms with Crippen LogP contribution in [0.25, 0.3) is 11.0 Å². The molecule has 1 saturated heterocycles. The van der Waals surface area contributed by atoms with Crippen molar-refractivity contribution in [1.82, 2.24) is 19.2 Å². The maximum absolute atomic E-state index is 13.0. The van der Waals surface area contributed by atoms with Gasteiger partial charge >= 0.3 is 6.03 Å². The number of nitrogens with two attached hydrogens (primary N) is 1. The maximum atomic E-state index is 13.0.